The van der Waals surface area contributed by atoms with E-state index in [9.17, 15) is 0 Å². The third kappa shape index (κ3) is 2.35. The van der Waals surface area contributed by atoms with Gasteiger partial charge in [0.1, 0.15) is 0 Å². The molecule has 14 heavy (non-hydrogen) atoms. The van der Waals surface area contributed by atoms with Crippen molar-refractivity contribution in [1.29, 1.82) is 0 Å². The van der Waals surface area contributed by atoms with Gasteiger partial charge in [-0.3, -0.25) is 0 Å². The van der Waals surface area contributed by atoms with Gasteiger partial charge in [-0.1, -0.05) is 6.42 Å². The van der Waals surface area contributed by atoms with Gasteiger partial charge in [0.15, 0.2) is 0 Å². The second-order valence-corrected chi connectivity index (χ2v) is 4.77. The van der Waals surface area contributed by atoms with Gasteiger partial charge in [0.25, 0.3) is 0 Å². The van der Waals surface area contributed by atoms with Gasteiger partial charge in [0, 0.05) is 19.2 Å². The highest BCUT2D eigenvalue weighted by Gasteiger charge is 2.25. The summed E-state index contributed by atoms with van der Waals surface area (Å²) in [4.78, 5) is 0. The molecule has 2 unspecified atom stereocenters. The molecule has 78 valence electrons. The number of hydrogen-bond donors (Lipinski definition) is 2. The van der Waals surface area contributed by atoms with E-state index in [2.05, 4.69) is 22.1 Å². The van der Waals surface area contributed by atoms with Crippen molar-refractivity contribution < 1.29 is 5.11 Å². The van der Waals surface area contributed by atoms with Crippen LogP contribution in [0.1, 0.15) is 24.8 Å². The molecule has 0 radical (unpaired) electrons. The Morgan fingerprint density at radius 2 is 2.43 bits per heavy atom. The van der Waals surface area contributed by atoms with Crippen molar-refractivity contribution in [2.75, 3.05) is 6.61 Å². The molecule has 2 nitrogen and oxygen atoms in total. The van der Waals surface area contributed by atoms with Crippen LogP contribution in [0.4, 0.5) is 0 Å². The van der Waals surface area contributed by atoms with Crippen molar-refractivity contribution in [2.24, 2.45) is 5.92 Å². The number of hydrogen-bond acceptors (Lipinski definition) is 3. The maximum Gasteiger partial charge on any atom is 0.0474 e. The van der Waals surface area contributed by atoms with Crippen molar-refractivity contribution >= 4 is 11.3 Å². The topological polar surface area (TPSA) is 32.3 Å². The fourth-order valence-corrected chi connectivity index (χ4v) is 2.83. The zero-order chi connectivity index (χ0) is 9.80. The molecule has 1 aliphatic carbocycles. The average molecular weight is 211 g/mol. The van der Waals surface area contributed by atoms with E-state index in [1.807, 2.05) is 0 Å². The molecule has 1 aromatic rings. The summed E-state index contributed by atoms with van der Waals surface area (Å²) in [5.41, 5.74) is 1.36. The van der Waals surface area contributed by atoms with Crippen LogP contribution in [0.2, 0.25) is 0 Å². The molecule has 0 amide bonds. The Balaban J connectivity index is 1.80. The molecule has 2 rings (SSSR count). The van der Waals surface area contributed by atoms with Gasteiger partial charge in [-0.25, -0.2) is 0 Å². The first kappa shape index (κ1) is 10.1. The van der Waals surface area contributed by atoms with Crippen LogP contribution < -0.4 is 5.32 Å². The summed E-state index contributed by atoms with van der Waals surface area (Å²) in [6.07, 6.45) is 3.65. The van der Waals surface area contributed by atoms with E-state index < -0.39 is 0 Å². The van der Waals surface area contributed by atoms with E-state index in [1.54, 1.807) is 11.3 Å². The Bertz CT molecular complexity index is 260. The minimum atomic E-state index is 0.335. The SMILES string of the molecule is OCC1CCCC1NCc1ccsc1. The van der Waals surface area contributed by atoms with E-state index in [0.29, 0.717) is 18.6 Å². The summed E-state index contributed by atoms with van der Waals surface area (Å²) in [6, 6.07) is 2.68. The van der Waals surface area contributed by atoms with E-state index in [4.69, 9.17) is 5.11 Å². The van der Waals surface area contributed by atoms with Gasteiger partial charge >= 0.3 is 0 Å². The first-order valence-corrected chi connectivity index (χ1v) is 6.19. The summed E-state index contributed by atoms with van der Waals surface area (Å²) < 4.78 is 0. The highest BCUT2D eigenvalue weighted by atomic mass is 32.1. The van der Waals surface area contributed by atoms with Gasteiger partial charge in [-0.05, 0) is 41.1 Å². The lowest BCUT2D eigenvalue weighted by molar-refractivity contribution is 0.205. The van der Waals surface area contributed by atoms with Gasteiger partial charge in [0.05, 0.1) is 0 Å². The van der Waals surface area contributed by atoms with E-state index in [1.165, 1.54) is 24.8 Å². The third-order valence-corrected chi connectivity index (χ3v) is 3.77. The van der Waals surface area contributed by atoms with Crippen LogP contribution in [0.5, 0.6) is 0 Å². The summed E-state index contributed by atoms with van der Waals surface area (Å²) in [6.45, 7) is 1.28. The summed E-state index contributed by atoms with van der Waals surface area (Å²) in [7, 11) is 0. The maximum absolute atomic E-state index is 9.16. The van der Waals surface area contributed by atoms with Crippen LogP contribution in [0.3, 0.4) is 0 Å². The predicted octanol–water partition coefficient (Wildman–Crippen LogP) is 2.00. The van der Waals surface area contributed by atoms with Crippen LogP contribution in [0, 0.1) is 5.92 Å². The van der Waals surface area contributed by atoms with Crippen molar-refractivity contribution in [3.05, 3.63) is 22.4 Å². The molecule has 1 aliphatic rings. The monoisotopic (exact) mass is 211 g/mol. The summed E-state index contributed by atoms with van der Waals surface area (Å²) in [5.74, 6) is 0.480. The first-order chi connectivity index (χ1) is 6.90. The van der Waals surface area contributed by atoms with Crippen molar-refractivity contribution in [3.8, 4) is 0 Å². The Hall–Kier alpha value is -0.380. The number of aliphatic hydroxyl groups excluding tert-OH is 1. The van der Waals surface area contributed by atoms with Crippen molar-refractivity contribution in [2.45, 2.75) is 31.8 Å². The smallest absolute Gasteiger partial charge is 0.0474 e. The Morgan fingerprint density at radius 3 is 3.14 bits per heavy atom. The van der Waals surface area contributed by atoms with Gasteiger partial charge in [0.2, 0.25) is 0 Å². The molecule has 0 bridgehead atoms. The quantitative estimate of drug-likeness (QED) is 0.798. The lowest BCUT2D eigenvalue weighted by Crippen LogP contribution is -2.33. The lowest BCUT2D eigenvalue weighted by Gasteiger charge is -2.18. The molecule has 1 heterocycles. The number of thiophene rings is 1. The average Bonchev–Trinajstić information content (AvgIpc) is 2.85. The largest absolute Gasteiger partial charge is 0.396 e. The normalized spacial score (nSPS) is 26.9. The molecular formula is C11H17NOS. The fraction of sp³-hybridized carbons (Fsp3) is 0.636. The summed E-state index contributed by atoms with van der Waals surface area (Å²) in [5, 5.41) is 17.0. The number of aliphatic hydroxyl groups is 1. The first-order valence-electron chi connectivity index (χ1n) is 5.25. The highest BCUT2D eigenvalue weighted by molar-refractivity contribution is 7.07. The van der Waals surface area contributed by atoms with Crippen LogP contribution >= 0.6 is 11.3 Å². The second kappa shape index (κ2) is 4.91. The highest BCUT2D eigenvalue weighted by Crippen LogP contribution is 2.25. The molecule has 3 heteroatoms. The molecule has 1 fully saturated rings. The Labute approximate surface area is 89.0 Å². The van der Waals surface area contributed by atoms with E-state index in [-0.39, 0.29) is 0 Å². The molecule has 1 saturated carbocycles. The minimum absolute atomic E-state index is 0.335. The zero-order valence-corrected chi connectivity index (χ0v) is 9.09. The van der Waals surface area contributed by atoms with Gasteiger partial charge in [-0.15, -0.1) is 0 Å². The van der Waals surface area contributed by atoms with E-state index in [0.717, 1.165) is 6.54 Å². The predicted molar refractivity (Wildman–Crippen MR) is 59.4 cm³/mol. The molecule has 0 aromatic carbocycles. The van der Waals surface area contributed by atoms with Crippen LogP contribution in [-0.2, 0) is 6.54 Å². The molecule has 0 saturated heterocycles. The molecule has 0 spiro atoms. The van der Waals surface area contributed by atoms with Crippen LogP contribution in [0.25, 0.3) is 0 Å². The zero-order valence-electron chi connectivity index (χ0n) is 8.28. The second-order valence-electron chi connectivity index (χ2n) is 3.99. The van der Waals surface area contributed by atoms with Gasteiger partial charge in [-0.2, -0.15) is 11.3 Å². The number of rotatable bonds is 4. The third-order valence-electron chi connectivity index (χ3n) is 3.04. The maximum atomic E-state index is 9.16. The Kier molecular flexibility index (Phi) is 3.56. The van der Waals surface area contributed by atoms with Crippen molar-refractivity contribution in [1.82, 2.24) is 5.32 Å². The molecule has 2 atom stereocenters. The van der Waals surface area contributed by atoms with Gasteiger partial charge < -0.3 is 10.4 Å². The molecule has 2 N–H and O–H groups in total. The fourth-order valence-electron chi connectivity index (χ4n) is 2.17. The van der Waals surface area contributed by atoms with Crippen molar-refractivity contribution in [3.63, 3.8) is 0 Å². The standard InChI is InChI=1S/C11H17NOS/c13-7-10-2-1-3-11(10)12-6-9-4-5-14-8-9/h4-5,8,10-13H,1-3,6-7H2. The Morgan fingerprint density at radius 1 is 1.50 bits per heavy atom. The minimum Gasteiger partial charge on any atom is -0.396 e. The lowest BCUT2D eigenvalue weighted by atomic mass is 10.1. The summed E-state index contributed by atoms with van der Waals surface area (Å²) >= 11 is 1.74. The van der Waals surface area contributed by atoms with Crippen LogP contribution in [0.15, 0.2) is 16.8 Å². The molecule has 1 aromatic heterocycles. The molecule has 0 aliphatic heterocycles. The number of nitrogens with one attached hydrogen (secondary N) is 1. The van der Waals surface area contributed by atoms with Crippen LogP contribution in [-0.4, -0.2) is 17.8 Å². The molecular weight excluding hydrogens is 194 g/mol. The van der Waals surface area contributed by atoms with E-state index >= 15 is 0 Å².